The summed E-state index contributed by atoms with van der Waals surface area (Å²) in [4.78, 5) is 20.6. The van der Waals surface area contributed by atoms with Gasteiger partial charge in [-0.25, -0.2) is 23.1 Å². The molecule has 0 aliphatic rings. The Morgan fingerprint density at radius 3 is 2.50 bits per heavy atom. The molecule has 2 N–H and O–H groups in total. The molecule has 0 unspecified atom stereocenters. The largest absolute Gasteiger partial charge is 0.495 e. The van der Waals surface area contributed by atoms with E-state index in [9.17, 15) is 18.0 Å². The van der Waals surface area contributed by atoms with E-state index in [-0.39, 0.29) is 17.3 Å². The maximum Gasteiger partial charge on any atom is 0.274 e. The Labute approximate surface area is 158 Å². The molecule has 9 heteroatoms. The van der Waals surface area contributed by atoms with Crippen LogP contribution in [0.5, 0.6) is 5.75 Å². The number of anilines is 3. The first-order valence-electron chi connectivity index (χ1n) is 8.09. The SMILES string of the molecule is COc1ccccc1NC(=O)c1cc(C)nc(Nc2ccc(F)c(F)c2F)n1. The van der Waals surface area contributed by atoms with Crippen molar-refractivity contribution in [2.75, 3.05) is 17.7 Å². The fourth-order valence-electron chi connectivity index (χ4n) is 2.42. The first-order valence-corrected chi connectivity index (χ1v) is 8.09. The fraction of sp³-hybridized carbons (Fsp3) is 0.105. The molecule has 6 nitrogen and oxygen atoms in total. The second kappa shape index (κ2) is 7.95. The summed E-state index contributed by atoms with van der Waals surface area (Å²) >= 11 is 0. The maximum absolute atomic E-state index is 13.9. The van der Waals surface area contributed by atoms with Gasteiger partial charge in [0, 0.05) is 5.69 Å². The molecule has 0 bridgehead atoms. The van der Waals surface area contributed by atoms with Gasteiger partial charge in [-0.3, -0.25) is 4.79 Å². The fourth-order valence-corrected chi connectivity index (χ4v) is 2.42. The second-order valence-corrected chi connectivity index (χ2v) is 5.72. The van der Waals surface area contributed by atoms with Gasteiger partial charge in [0.1, 0.15) is 11.4 Å². The minimum atomic E-state index is -1.62. The second-order valence-electron chi connectivity index (χ2n) is 5.72. The lowest BCUT2D eigenvalue weighted by atomic mass is 10.2. The van der Waals surface area contributed by atoms with Crippen LogP contribution in [0.2, 0.25) is 0 Å². The smallest absolute Gasteiger partial charge is 0.274 e. The van der Waals surface area contributed by atoms with Gasteiger partial charge in [-0.2, -0.15) is 0 Å². The number of para-hydroxylation sites is 2. The minimum absolute atomic E-state index is 0.0103. The number of nitrogens with zero attached hydrogens (tertiary/aromatic N) is 2. The lowest BCUT2D eigenvalue weighted by Gasteiger charge is -2.11. The van der Waals surface area contributed by atoms with Crippen molar-refractivity contribution in [2.24, 2.45) is 0 Å². The summed E-state index contributed by atoms with van der Waals surface area (Å²) in [6.45, 7) is 1.61. The van der Waals surface area contributed by atoms with E-state index in [4.69, 9.17) is 4.74 Å². The van der Waals surface area contributed by atoms with Gasteiger partial charge in [0.25, 0.3) is 5.91 Å². The molecular formula is C19H15F3N4O2. The average Bonchev–Trinajstić information content (AvgIpc) is 2.68. The van der Waals surface area contributed by atoms with Gasteiger partial charge < -0.3 is 15.4 Å². The number of hydrogen-bond acceptors (Lipinski definition) is 5. The maximum atomic E-state index is 13.9. The van der Waals surface area contributed by atoms with Crippen molar-refractivity contribution in [3.05, 3.63) is 71.3 Å². The van der Waals surface area contributed by atoms with Crippen LogP contribution >= 0.6 is 0 Å². The van der Waals surface area contributed by atoms with Crippen molar-refractivity contribution in [3.8, 4) is 5.75 Å². The Kier molecular flexibility index (Phi) is 5.44. The summed E-state index contributed by atoms with van der Waals surface area (Å²) in [5, 5.41) is 5.11. The zero-order chi connectivity index (χ0) is 20.3. The van der Waals surface area contributed by atoms with E-state index in [0.29, 0.717) is 17.1 Å². The van der Waals surface area contributed by atoms with E-state index in [1.54, 1.807) is 31.2 Å². The molecule has 0 saturated heterocycles. The standard InChI is InChI=1S/C19H15F3N4O2/c1-10-9-14(18(27)24-12-5-3-4-6-15(12)28-2)26-19(23-10)25-13-8-7-11(20)16(21)17(13)22/h3-9H,1-2H3,(H,24,27)(H,23,25,26). The Morgan fingerprint density at radius 1 is 1.00 bits per heavy atom. The van der Waals surface area contributed by atoms with Crippen molar-refractivity contribution in [3.63, 3.8) is 0 Å². The lowest BCUT2D eigenvalue weighted by Crippen LogP contribution is -2.16. The van der Waals surface area contributed by atoms with Crippen LogP contribution in [-0.4, -0.2) is 23.0 Å². The molecule has 3 rings (SSSR count). The molecule has 3 aromatic rings. The zero-order valence-electron chi connectivity index (χ0n) is 14.9. The molecule has 0 spiro atoms. The Bertz CT molecular complexity index is 1040. The summed E-state index contributed by atoms with van der Waals surface area (Å²) < 4.78 is 45.5. The topological polar surface area (TPSA) is 76.1 Å². The highest BCUT2D eigenvalue weighted by Crippen LogP contribution is 2.25. The van der Waals surface area contributed by atoms with E-state index in [1.807, 2.05) is 0 Å². The number of carbonyl (C=O) groups is 1. The van der Waals surface area contributed by atoms with Crippen molar-refractivity contribution in [2.45, 2.75) is 6.92 Å². The predicted octanol–water partition coefficient (Wildman–Crippen LogP) is 4.21. The predicted molar refractivity (Wildman–Crippen MR) is 97.3 cm³/mol. The zero-order valence-corrected chi connectivity index (χ0v) is 14.9. The quantitative estimate of drug-likeness (QED) is 0.641. The van der Waals surface area contributed by atoms with E-state index < -0.39 is 23.4 Å². The van der Waals surface area contributed by atoms with Gasteiger partial charge in [0.15, 0.2) is 17.5 Å². The van der Waals surface area contributed by atoms with Crippen LogP contribution in [-0.2, 0) is 0 Å². The van der Waals surface area contributed by atoms with E-state index in [1.165, 1.54) is 13.2 Å². The van der Waals surface area contributed by atoms with Gasteiger partial charge in [-0.15, -0.1) is 0 Å². The Balaban J connectivity index is 1.87. The molecule has 1 heterocycles. The third-order valence-electron chi connectivity index (χ3n) is 3.72. The first-order chi connectivity index (χ1) is 13.4. The van der Waals surface area contributed by atoms with Gasteiger partial charge in [0.05, 0.1) is 18.5 Å². The molecule has 2 aromatic carbocycles. The van der Waals surface area contributed by atoms with Gasteiger partial charge in [0.2, 0.25) is 5.95 Å². The molecule has 0 aliphatic carbocycles. The van der Waals surface area contributed by atoms with Gasteiger partial charge in [-0.1, -0.05) is 12.1 Å². The summed E-state index contributed by atoms with van der Waals surface area (Å²) in [5.41, 5.74) is 0.475. The lowest BCUT2D eigenvalue weighted by molar-refractivity contribution is 0.102. The number of nitrogens with one attached hydrogen (secondary N) is 2. The number of rotatable bonds is 5. The number of hydrogen-bond donors (Lipinski definition) is 2. The first kappa shape index (κ1) is 19.2. The number of carbonyl (C=O) groups excluding carboxylic acids is 1. The minimum Gasteiger partial charge on any atom is -0.495 e. The summed E-state index contributed by atoms with van der Waals surface area (Å²) in [5.74, 6) is -4.58. The molecule has 1 amide bonds. The van der Waals surface area contributed by atoms with Gasteiger partial charge >= 0.3 is 0 Å². The number of ether oxygens (including phenoxy) is 1. The third kappa shape index (κ3) is 4.03. The summed E-state index contributed by atoms with van der Waals surface area (Å²) in [7, 11) is 1.47. The Morgan fingerprint density at radius 2 is 1.75 bits per heavy atom. The number of methoxy groups -OCH3 is 1. The summed E-state index contributed by atoms with van der Waals surface area (Å²) in [6.07, 6.45) is 0. The van der Waals surface area contributed by atoms with E-state index in [0.717, 1.165) is 12.1 Å². The van der Waals surface area contributed by atoms with Gasteiger partial charge in [-0.05, 0) is 37.3 Å². The van der Waals surface area contributed by atoms with Crippen LogP contribution in [0, 0.1) is 24.4 Å². The number of amides is 1. The van der Waals surface area contributed by atoms with Crippen LogP contribution < -0.4 is 15.4 Å². The Hall–Kier alpha value is -3.62. The molecule has 0 radical (unpaired) electrons. The van der Waals surface area contributed by atoms with Crippen LogP contribution in [0.3, 0.4) is 0 Å². The molecular weight excluding hydrogens is 373 g/mol. The van der Waals surface area contributed by atoms with Crippen LogP contribution in [0.4, 0.5) is 30.5 Å². The molecule has 0 atom stereocenters. The molecule has 0 saturated carbocycles. The van der Waals surface area contributed by atoms with Crippen molar-refractivity contribution in [1.82, 2.24) is 9.97 Å². The molecule has 28 heavy (non-hydrogen) atoms. The number of aryl methyl sites for hydroxylation is 1. The number of benzene rings is 2. The number of aromatic nitrogens is 2. The molecule has 1 aromatic heterocycles. The third-order valence-corrected chi connectivity index (χ3v) is 3.72. The van der Waals surface area contributed by atoms with Crippen LogP contribution in [0.25, 0.3) is 0 Å². The van der Waals surface area contributed by atoms with Crippen molar-refractivity contribution >= 4 is 23.2 Å². The highest BCUT2D eigenvalue weighted by molar-refractivity contribution is 6.03. The van der Waals surface area contributed by atoms with Crippen LogP contribution in [0.1, 0.15) is 16.2 Å². The van der Waals surface area contributed by atoms with E-state index in [2.05, 4.69) is 20.6 Å². The van der Waals surface area contributed by atoms with Crippen molar-refractivity contribution in [1.29, 1.82) is 0 Å². The molecule has 0 aliphatic heterocycles. The average molecular weight is 388 g/mol. The molecule has 0 fully saturated rings. The summed E-state index contributed by atoms with van der Waals surface area (Å²) in [6, 6.07) is 10.0. The van der Waals surface area contributed by atoms with Crippen LogP contribution in [0.15, 0.2) is 42.5 Å². The highest BCUT2D eigenvalue weighted by Gasteiger charge is 2.16. The number of halogens is 3. The van der Waals surface area contributed by atoms with E-state index >= 15 is 0 Å². The normalized spacial score (nSPS) is 10.5. The highest BCUT2D eigenvalue weighted by atomic mass is 19.2. The van der Waals surface area contributed by atoms with Crippen molar-refractivity contribution < 1.29 is 22.7 Å². The molecule has 144 valence electrons. The monoisotopic (exact) mass is 388 g/mol.